The maximum atomic E-state index is 15.2. The third-order valence-corrected chi connectivity index (χ3v) is 16.9. The highest BCUT2D eigenvalue weighted by Gasteiger charge is 2.46. The van der Waals surface area contributed by atoms with Crippen LogP contribution in [0.1, 0.15) is 156 Å². The van der Waals surface area contributed by atoms with E-state index in [2.05, 4.69) is 21.3 Å². The van der Waals surface area contributed by atoms with Gasteiger partial charge in [0, 0.05) is 55.9 Å². The molecule has 1 rings (SSSR count). The Morgan fingerprint density at radius 2 is 1.01 bits per heavy atom. The standard InChI is InChI=1S/C65H116N12O15/c1-24-26-29-41(13)54(79)53-58(83)69-45(25-2)60(85)71(17)35-49(78)75(21)52(44(16)91-30-27-28-31-92-65(66)90)57(82)70-50(39(9)10)63(88)72(18)46(32-36(3)4)56(81)67-42(14)55(80)68-43(15)59(84)73(19)47(33-37(5)6)61(86)74(20)48(34-38(7)8)62(87)76(22)51(40(11)12)64(89)77(53)23/h24,26,36-48,50-54,79H,25,27-35H2,1-23H3,(H2,66,90)(H,67,81)(H,68,80)(H,69,83)(H,70,82)/t41-,42+,43-,44-,45+,46+,47+,48-,50+,51+,52+,53+,54-/m1/s1. The highest BCUT2D eigenvalue weighted by Crippen LogP contribution is 2.26. The molecule has 0 spiro atoms. The number of ether oxygens (including phenoxy) is 2. The van der Waals surface area contributed by atoms with E-state index in [0.717, 1.165) is 14.7 Å². The molecule has 27 heteroatoms. The number of aliphatic hydroxyl groups excluding tert-OH is 1. The molecule has 0 bridgehead atoms. The van der Waals surface area contributed by atoms with Crippen molar-refractivity contribution in [3.05, 3.63) is 12.2 Å². The lowest BCUT2D eigenvalue weighted by atomic mass is 9.91. The number of likely N-dealkylation sites (N-methyl/N-ethyl adjacent to an activating group) is 7. The third-order valence-electron chi connectivity index (χ3n) is 16.9. The molecule has 0 aromatic heterocycles. The van der Waals surface area contributed by atoms with E-state index in [1.807, 2.05) is 41.5 Å². The fourth-order valence-corrected chi connectivity index (χ4v) is 11.2. The fourth-order valence-electron chi connectivity index (χ4n) is 11.2. The predicted molar refractivity (Wildman–Crippen MR) is 349 cm³/mol. The predicted octanol–water partition coefficient (Wildman–Crippen LogP) is 2.50. The summed E-state index contributed by atoms with van der Waals surface area (Å²) >= 11 is 0. The number of aliphatic hydroxyl groups is 1. The fraction of sp³-hybridized carbons (Fsp3) is 0.785. The Morgan fingerprint density at radius 3 is 1.50 bits per heavy atom. The van der Waals surface area contributed by atoms with E-state index < -0.39 is 168 Å². The number of carbonyl (C=O) groups excluding carboxylic acids is 12. The lowest BCUT2D eigenvalue weighted by molar-refractivity contribution is -0.157. The molecule has 0 aromatic carbocycles. The number of primary amides is 1. The quantitative estimate of drug-likeness (QED) is 0.0754. The topological polar surface area (TPSA) is 340 Å². The smallest absolute Gasteiger partial charge is 0.404 e. The molecule has 1 saturated heterocycles. The Bertz CT molecular complexity index is 2530. The average molecular weight is 1310 g/mol. The first-order valence-corrected chi connectivity index (χ1v) is 32.5. The minimum absolute atomic E-state index is 0.00893. The van der Waals surface area contributed by atoms with Gasteiger partial charge in [0.2, 0.25) is 65.0 Å². The Hall–Kier alpha value is -6.90. The van der Waals surface area contributed by atoms with Gasteiger partial charge in [0.05, 0.1) is 25.4 Å². The normalized spacial score (nSPS) is 26.0. The SMILES string of the molecule is CC=CC[C@@H](C)[C@@H](O)[C@H]1C(=O)N[C@@H](CC)C(=O)N(C)CC(=O)N(C)[C@@H]([C@@H](C)OCCCCOC(N)=O)C(=O)N[C@@H](C(C)C)C(=O)N(C)[C@@H](CC(C)C)C(=O)N[C@@H](C)C(=O)N[C@H](C)C(=O)N(C)[C@@H](CC(C)C)C(=O)N(C)[C@H](CC(C)C)C(=O)N(C)[C@@H](C(C)C)C(=O)N1C. The minimum atomic E-state index is -1.66. The van der Waals surface area contributed by atoms with Gasteiger partial charge in [0.1, 0.15) is 60.4 Å². The zero-order valence-corrected chi connectivity index (χ0v) is 59.5. The van der Waals surface area contributed by atoms with Crippen LogP contribution in [0.25, 0.3) is 0 Å². The summed E-state index contributed by atoms with van der Waals surface area (Å²) in [6, 6.07) is -13.1. The molecule has 1 aliphatic rings. The van der Waals surface area contributed by atoms with Crippen LogP contribution < -0.4 is 27.0 Å². The van der Waals surface area contributed by atoms with Gasteiger partial charge in [0.15, 0.2) is 0 Å². The summed E-state index contributed by atoms with van der Waals surface area (Å²) < 4.78 is 10.9. The van der Waals surface area contributed by atoms with E-state index in [0.29, 0.717) is 12.8 Å². The number of nitrogens with two attached hydrogens (primary N) is 1. The van der Waals surface area contributed by atoms with Crippen molar-refractivity contribution >= 4 is 71.1 Å². The first-order chi connectivity index (χ1) is 42.6. The summed E-state index contributed by atoms with van der Waals surface area (Å²) in [5.41, 5.74) is 5.11. The largest absolute Gasteiger partial charge is 0.450 e. The van der Waals surface area contributed by atoms with Crippen LogP contribution in [0.2, 0.25) is 0 Å². The number of unbranched alkanes of at least 4 members (excludes halogenated alkanes) is 1. The number of nitrogens with zero attached hydrogens (tertiary/aromatic N) is 7. The molecule has 12 amide bonds. The first-order valence-electron chi connectivity index (χ1n) is 32.5. The van der Waals surface area contributed by atoms with Crippen LogP contribution in [0.15, 0.2) is 12.2 Å². The van der Waals surface area contributed by atoms with Gasteiger partial charge >= 0.3 is 6.09 Å². The monoisotopic (exact) mass is 1300 g/mol. The average Bonchev–Trinajstić information content (AvgIpc) is 0.831. The summed E-state index contributed by atoms with van der Waals surface area (Å²) in [7, 11) is 9.66. The highest BCUT2D eigenvalue weighted by atomic mass is 16.5. The van der Waals surface area contributed by atoms with Gasteiger partial charge in [0.25, 0.3) is 0 Å². The van der Waals surface area contributed by atoms with Crippen LogP contribution in [-0.4, -0.2) is 252 Å². The number of rotatable bonds is 20. The number of amides is 12. The maximum Gasteiger partial charge on any atom is 0.404 e. The summed E-state index contributed by atoms with van der Waals surface area (Å²) in [4.78, 5) is 181. The van der Waals surface area contributed by atoms with Crippen molar-refractivity contribution in [3.63, 3.8) is 0 Å². The number of hydrogen-bond donors (Lipinski definition) is 6. The summed E-state index contributed by atoms with van der Waals surface area (Å²) in [5, 5.41) is 23.0. The molecule has 0 unspecified atom stereocenters. The second-order valence-corrected chi connectivity index (χ2v) is 26.8. The lowest BCUT2D eigenvalue weighted by Crippen LogP contribution is -2.63. The highest BCUT2D eigenvalue weighted by molar-refractivity contribution is 5.99. The zero-order valence-electron chi connectivity index (χ0n) is 59.5. The molecule has 0 saturated carbocycles. The van der Waals surface area contributed by atoms with Crippen LogP contribution in [0.5, 0.6) is 0 Å². The number of nitrogens with one attached hydrogen (secondary N) is 4. The van der Waals surface area contributed by atoms with Gasteiger partial charge in [-0.15, -0.1) is 0 Å². The van der Waals surface area contributed by atoms with Crippen molar-refractivity contribution < 1.29 is 72.1 Å². The molecular formula is C65H116N12O15. The van der Waals surface area contributed by atoms with Crippen molar-refractivity contribution in [1.29, 1.82) is 0 Å². The van der Waals surface area contributed by atoms with Crippen LogP contribution >= 0.6 is 0 Å². The van der Waals surface area contributed by atoms with E-state index >= 15 is 9.59 Å². The maximum absolute atomic E-state index is 15.2. The molecule has 92 heavy (non-hydrogen) atoms. The number of carbonyl (C=O) groups is 12. The molecule has 526 valence electrons. The lowest BCUT2D eigenvalue weighted by Gasteiger charge is -2.41. The molecule has 27 nitrogen and oxygen atoms in total. The molecule has 0 radical (unpaired) electrons. The Balaban J connectivity index is 4.38. The van der Waals surface area contributed by atoms with Crippen LogP contribution in [0, 0.1) is 35.5 Å². The van der Waals surface area contributed by atoms with E-state index in [4.69, 9.17) is 15.2 Å². The Labute approximate surface area is 547 Å². The summed E-state index contributed by atoms with van der Waals surface area (Å²) in [6.45, 7) is 26.7. The van der Waals surface area contributed by atoms with E-state index in [-0.39, 0.29) is 63.1 Å². The molecule has 0 aliphatic carbocycles. The van der Waals surface area contributed by atoms with Gasteiger partial charge in [-0.05, 0) is 108 Å². The Kier molecular flexibility index (Phi) is 35.2. The molecule has 13 atom stereocenters. The summed E-state index contributed by atoms with van der Waals surface area (Å²) in [6.07, 6.45) is 1.27. The molecule has 1 aliphatic heterocycles. The van der Waals surface area contributed by atoms with E-state index in [1.54, 1.807) is 60.6 Å². The third kappa shape index (κ3) is 24.2. The zero-order chi connectivity index (χ0) is 71.1. The van der Waals surface area contributed by atoms with Crippen LogP contribution in [0.4, 0.5) is 4.79 Å². The second kappa shape index (κ2) is 39.0. The van der Waals surface area contributed by atoms with Crippen molar-refractivity contribution in [3.8, 4) is 0 Å². The van der Waals surface area contributed by atoms with Gasteiger partial charge in [-0.25, -0.2) is 4.79 Å². The van der Waals surface area contributed by atoms with Gasteiger partial charge in [-0.1, -0.05) is 95.2 Å². The molecule has 7 N–H and O–H groups in total. The molecular weight excluding hydrogens is 1190 g/mol. The molecule has 1 heterocycles. The van der Waals surface area contributed by atoms with Crippen LogP contribution in [-0.2, 0) is 62.2 Å². The van der Waals surface area contributed by atoms with Crippen molar-refractivity contribution in [1.82, 2.24) is 55.6 Å². The number of allylic oxidation sites excluding steroid dienone is 2. The Morgan fingerprint density at radius 1 is 0.543 bits per heavy atom. The van der Waals surface area contributed by atoms with Gasteiger partial charge in [-0.3, -0.25) is 52.7 Å². The molecule has 1 fully saturated rings. The summed E-state index contributed by atoms with van der Waals surface area (Å²) in [5.74, 6) is -10.5. The van der Waals surface area contributed by atoms with Crippen LogP contribution in [0.3, 0.4) is 0 Å². The van der Waals surface area contributed by atoms with Gasteiger partial charge in [-0.2, -0.15) is 0 Å². The van der Waals surface area contributed by atoms with Crippen molar-refractivity contribution in [2.45, 2.75) is 228 Å². The van der Waals surface area contributed by atoms with E-state index in [9.17, 15) is 53.1 Å². The minimum Gasteiger partial charge on any atom is -0.450 e. The molecule has 0 aromatic rings. The second-order valence-electron chi connectivity index (χ2n) is 26.8. The van der Waals surface area contributed by atoms with E-state index in [1.165, 1.54) is 89.7 Å². The van der Waals surface area contributed by atoms with Crippen molar-refractivity contribution in [2.24, 2.45) is 41.2 Å². The van der Waals surface area contributed by atoms with Crippen molar-refractivity contribution in [2.75, 3.05) is 69.1 Å². The van der Waals surface area contributed by atoms with Gasteiger partial charge < -0.3 is 75.9 Å². The number of hydrogen-bond acceptors (Lipinski definition) is 15. The first kappa shape index (κ1) is 83.1.